The molecule has 2 nitrogen and oxygen atoms in total. The smallest absolute Gasteiger partial charge is 0.0669 e. The van der Waals surface area contributed by atoms with Gasteiger partial charge in [-0.2, -0.15) is 10.5 Å². The zero-order valence-corrected chi connectivity index (χ0v) is 7.74. The molecule has 0 aromatic heterocycles. The highest BCUT2D eigenvalue weighted by atomic mass is 14.5. The first kappa shape index (κ1) is 8.57. The van der Waals surface area contributed by atoms with Crippen LogP contribution in [0, 0.1) is 46.3 Å². The molecular weight excluding hydrogens is 160 g/mol. The predicted molar refractivity (Wildman–Crippen MR) is 48.3 cm³/mol. The van der Waals surface area contributed by atoms with Gasteiger partial charge in [-0.15, -0.1) is 0 Å². The Labute approximate surface area is 79.2 Å². The minimum Gasteiger partial charge on any atom is -0.198 e. The van der Waals surface area contributed by atoms with E-state index >= 15 is 0 Å². The second kappa shape index (κ2) is 3.38. The number of nitriles is 2. The second-order valence-electron chi connectivity index (χ2n) is 4.39. The average molecular weight is 174 g/mol. The first-order valence-electron chi connectivity index (χ1n) is 5.14. The van der Waals surface area contributed by atoms with Crippen molar-refractivity contribution in [3.63, 3.8) is 0 Å². The molecule has 0 radical (unpaired) electrons. The monoisotopic (exact) mass is 174 g/mol. The molecule has 0 N–H and O–H groups in total. The van der Waals surface area contributed by atoms with E-state index in [4.69, 9.17) is 10.5 Å². The molecule has 0 heterocycles. The van der Waals surface area contributed by atoms with E-state index in [0.717, 1.165) is 24.7 Å². The first-order valence-corrected chi connectivity index (χ1v) is 5.14. The molecule has 4 unspecified atom stereocenters. The number of hydrogen-bond donors (Lipinski definition) is 0. The molecule has 13 heavy (non-hydrogen) atoms. The highest BCUT2D eigenvalue weighted by molar-refractivity contribution is 5.04. The maximum Gasteiger partial charge on any atom is 0.0669 e. The molecule has 2 rings (SSSR count). The lowest BCUT2D eigenvalue weighted by molar-refractivity contribution is 0.199. The lowest BCUT2D eigenvalue weighted by atomic mass is 9.70. The summed E-state index contributed by atoms with van der Waals surface area (Å²) in [5.41, 5.74) is 0. The molecule has 0 aliphatic heterocycles. The fourth-order valence-electron chi connectivity index (χ4n) is 3.00. The zero-order valence-electron chi connectivity index (χ0n) is 7.74. The Bertz CT molecular complexity index is 243. The molecule has 0 spiro atoms. The zero-order chi connectivity index (χ0) is 9.26. The van der Waals surface area contributed by atoms with Crippen LogP contribution in [0.25, 0.3) is 0 Å². The maximum absolute atomic E-state index is 8.91. The third-order valence-corrected chi connectivity index (χ3v) is 3.75. The van der Waals surface area contributed by atoms with Crippen LogP contribution >= 0.6 is 0 Å². The van der Waals surface area contributed by atoms with Crippen molar-refractivity contribution in [1.29, 1.82) is 10.5 Å². The Kier molecular flexibility index (Phi) is 2.23. The standard InChI is InChI=1S/C11H14N2/c12-6-10-4-8-2-1-3-9(8)5-11(10)7-13/h8-11H,1-5H2. The summed E-state index contributed by atoms with van der Waals surface area (Å²) in [6.07, 6.45) is 5.87. The summed E-state index contributed by atoms with van der Waals surface area (Å²) in [6.45, 7) is 0. The number of rotatable bonds is 0. The van der Waals surface area contributed by atoms with Crippen molar-refractivity contribution < 1.29 is 0 Å². The van der Waals surface area contributed by atoms with E-state index < -0.39 is 0 Å². The molecule has 0 bridgehead atoms. The summed E-state index contributed by atoms with van der Waals surface area (Å²) in [5, 5.41) is 17.8. The highest BCUT2D eigenvalue weighted by Crippen LogP contribution is 2.46. The number of hydrogen-bond acceptors (Lipinski definition) is 2. The van der Waals surface area contributed by atoms with Crippen molar-refractivity contribution in [2.24, 2.45) is 23.7 Å². The fraction of sp³-hybridized carbons (Fsp3) is 0.818. The van der Waals surface area contributed by atoms with Crippen molar-refractivity contribution >= 4 is 0 Å². The quantitative estimate of drug-likeness (QED) is 0.566. The molecule has 68 valence electrons. The SMILES string of the molecule is N#CC1CC2CCCC2CC1C#N. The predicted octanol–water partition coefficient (Wildman–Crippen LogP) is 2.48. The van der Waals surface area contributed by atoms with Crippen molar-refractivity contribution in [2.75, 3.05) is 0 Å². The Morgan fingerprint density at radius 1 is 0.846 bits per heavy atom. The van der Waals surface area contributed by atoms with Gasteiger partial charge < -0.3 is 0 Å². The molecule has 0 aromatic rings. The Morgan fingerprint density at radius 3 is 1.69 bits per heavy atom. The molecule has 0 amide bonds. The van der Waals surface area contributed by atoms with Gasteiger partial charge in [0.25, 0.3) is 0 Å². The third-order valence-electron chi connectivity index (χ3n) is 3.75. The molecule has 2 aliphatic rings. The Morgan fingerprint density at radius 2 is 1.31 bits per heavy atom. The normalized spacial score (nSPS) is 43.2. The van der Waals surface area contributed by atoms with E-state index in [0.29, 0.717) is 0 Å². The van der Waals surface area contributed by atoms with Gasteiger partial charge in [-0.25, -0.2) is 0 Å². The summed E-state index contributed by atoms with van der Waals surface area (Å²) in [6, 6.07) is 4.59. The van der Waals surface area contributed by atoms with Crippen LogP contribution in [0.5, 0.6) is 0 Å². The van der Waals surface area contributed by atoms with Gasteiger partial charge in [-0.3, -0.25) is 0 Å². The minimum absolute atomic E-state index is 0.0179. The lowest BCUT2D eigenvalue weighted by Crippen LogP contribution is -2.27. The summed E-state index contributed by atoms with van der Waals surface area (Å²) >= 11 is 0. The van der Waals surface area contributed by atoms with Crippen molar-refractivity contribution in [1.82, 2.24) is 0 Å². The van der Waals surface area contributed by atoms with Crippen LogP contribution in [0.4, 0.5) is 0 Å². The molecule has 0 saturated heterocycles. The van der Waals surface area contributed by atoms with Crippen LogP contribution in [-0.4, -0.2) is 0 Å². The number of fused-ring (bicyclic) bond motifs is 1. The minimum atomic E-state index is 0.0179. The average Bonchev–Trinajstić information content (AvgIpc) is 2.62. The Hall–Kier alpha value is -1.02. The highest BCUT2D eigenvalue weighted by Gasteiger charge is 2.39. The second-order valence-corrected chi connectivity index (χ2v) is 4.39. The van der Waals surface area contributed by atoms with Crippen LogP contribution in [0.3, 0.4) is 0 Å². The molecule has 4 atom stereocenters. The largest absolute Gasteiger partial charge is 0.198 e. The van der Waals surface area contributed by atoms with Crippen molar-refractivity contribution in [2.45, 2.75) is 32.1 Å². The molecule has 2 saturated carbocycles. The van der Waals surface area contributed by atoms with Gasteiger partial charge in [0.2, 0.25) is 0 Å². The summed E-state index contributed by atoms with van der Waals surface area (Å²) < 4.78 is 0. The summed E-state index contributed by atoms with van der Waals surface area (Å²) in [4.78, 5) is 0. The van der Waals surface area contributed by atoms with E-state index in [1.54, 1.807) is 0 Å². The molecule has 2 heteroatoms. The van der Waals surface area contributed by atoms with Crippen molar-refractivity contribution in [3.8, 4) is 12.1 Å². The van der Waals surface area contributed by atoms with E-state index in [1.165, 1.54) is 19.3 Å². The fourth-order valence-corrected chi connectivity index (χ4v) is 3.00. The number of nitrogens with zero attached hydrogens (tertiary/aromatic N) is 2. The van der Waals surface area contributed by atoms with Gasteiger partial charge in [0, 0.05) is 0 Å². The summed E-state index contributed by atoms with van der Waals surface area (Å²) in [7, 11) is 0. The molecule has 0 aromatic carbocycles. The molecular formula is C11H14N2. The van der Waals surface area contributed by atoms with Crippen LogP contribution in [0.1, 0.15) is 32.1 Å². The van der Waals surface area contributed by atoms with Crippen LogP contribution in [0.15, 0.2) is 0 Å². The van der Waals surface area contributed by atoms with Gasteiger partial charge in [0.15, 0.2) is 0 Å². The molecule has 2 fully saturated rings. The van der Waals surface area contributed by atoms with Gasteiger partial charge >= 0.3 is 0 Å². The van der Waals surface area contributed by atoms with Crippen LogP contribution in [-0.2, 0) is 0 Å². The lowest BCUT2D eigenvalue weighted by Gasteiger charge is -2.31. The van der Waals surface area contributed by atoms with Gasteiger partial charge in [0.1, 0.15) is 0 Å². The van der Waals surface area contributed by atoms with Crippen LogP contribution < -0.4 is 0 Å². The maximum atomic E-state index is 8.91. The van der Waals surface area contributed by atoms with E-state index in [2.05, 4.69) is 12.1 Å². The van der Waals surface area contributed by atoms with Gasteiger partial charge in [-0.1, -0.05) is 19.3 Å². The molecule has 2 aliphatic carbocycles. The van der Waals surface area contributed by atoms with Crippen LogP contribution in [0.2, 0.25) is 0 Å². The topological polar surface area (TPSA) is 47.6 Å². The van der Waals surface area contributed by atoms with Gasteiger partial charge in [0.05, 0.1) is 24.0 Å². The first-order chi connectivity index (χ1) is 6.35. The third kappa shape index (κ3) is 1.42. The van der Waals surface area contributed by atoms with Gasteiger partial charge in [-0.05, 0) is 24.7 Å². The summed E-state index contributed by atoms with van der Waals surface area (Å²) in [5.74, 6) is 1.55. The van der Waals surface area contributed by atoms with E-state index in [9.17, 15) is 0 Å². The van der Waals surface area contributed by atoms with Crippen molar-refractivity contribution in [3.05, 3.63) is 0 Å². The Balaban J connectivity index is 2.09. The van der Waals surface area contributed by atoms with E-state index in [-0.39, 0.29) is 11.8 Å². The van der Waals surface area contributed by atoms with E-state index in [1.807, 2.05) is 0 Å².